The maximum Gasteiger partial charge on any atom is 0.334 e. The van der Waals surface area contributed by atoms with Gasteiger partial charge in [-0.15, -0.1) is 0 Å². The molecule has 34 heavy (non-hydrogen) atoms. The van der Waals surface area contributed by atoms with E-state index in [-0.39, 0.29) is 17.6 Å². The molecule has 3 fully saturated rings. The summed E-state index contributed by atoms with van der Waals surface area (Å²) in [5.74, 6) is -5.84. The second-order valence-corrected chi connectivity index (χ2v) is 9.71. The van der Waals surface area contributed by atoms with Crippen LogP contribution in [0.4, 0.5) is 0 Å². The summed E-state index contributed by atoms with van der Waals surface area (Å²) in [6, 6.07) is 0. The minimum absolute atomic E-state index is 0.0196. The average molecular weight is 479 g/mol. The Balaban J connectivity index is 2.17. The fourth-order valence-corrected chi connectivity index (χ4v) is 4.87. The van der Waals surface area contributed by atoms with Gasteiger partial charge in [0, 0.05) is 29.1 Å². The third-order valence-corrected chi connectivity index (χ3v) is 7.20. The maximum atomic E-state index is 12.8. The summed E-state index contributed by atoms with van der Waals surface area (Å²) < 4.78 is 23.0. The van der Waals surface area contributed by atoms with Gasteiger partial charge in [-0.1, -0.05) is 25.7 Å². The predicted octanol–water partition coefficient (Wildman–Crippen LogP) is 2.11. The lowest BCUT2D eigenvalue weighted by atomic mass is 9.75. The Morgan fingerprint density at radius 2 is 1.62 bits per heavy atom. The molecular formula is C25H34O9. The molecule has 0 spiro atoms. The molecule has 0 aromatic carbocycles. The third-order valence-electron chi connectivity index (χ3n) is 7.20. The number of allylic oxidation sites excluding steroid dienone is 2. The Kier molecular flexibility index (Phi) is 7.13. The van der Waals surface area contributed by atoms with Gasteiger partial charge in [0.05, 0.1) is 12.0 Å². The van der Waals surface area contributed by atoms with Gasteiger partial charge in [0.15, 0.2) is 18.3 Å². The van der Waals surface area contributed by atoms with E-state index >= 15 is 0 Å². The summed E-state index contributed by atoms with van der Waals surface area (Å²) >= 11 is 0. The molecule has 0 aromatic rings. The number of hydrogen-bond acceptors (Lipinski definition) is 9. The van der Waals surface area contributed by atoms with Crippen LogP contribution in [0, 0.1) is 11.8 Å². The fraction of sp³-hybridized carbons (Fsp3) is 0.640. The molecule has 9 heteroatoms. The first-order valence-corrected chi connectivity index (χ1v) is 11.5. The Labute approximate surface area is 199 Å². The third kappa shape index (κ3) is 4.44. The van der Waals surface area contributed by atoms with Gasteiger partial charge in [-0.2, -0.15) is 0 Å². The fourth-order valence-electron chi connectivity index (χ4n) is 4.87. The Morgan fingerprint density at radius 1 is 1.09 bits per heavy atom. The standard InChI is InChI=1S/C25H34O9/c1-8-12(3)21(26)32-19-17-15(6)23(28)31-18(17)20(33-22(27)13(4)9-2)24(7,29)11-16-10-14(5)25(19,30)34-16/h8-9,14,16-20,29-30H,6,10-11H2,1-5,7H3/b12-8+,13-9+/t14-,16+,17+,18+,19-,20-,24+,25-/m0/s1. The first-order chi connectivity index (χ1) is 15.8. The minimum atomic E-state index is -1.98. The van der Waals surface area contributed by atoms with Gasteiger partial charge in [0.25, 0.3) is 0 Å². The summed E-state index contributed by atoms with van der Waals surface area (Å²) in [6.45, 7) is 13.5. The summed E-state index contributed by atoms with van der Waals surface area (Å²) in [7, 11) is 0. The highest BCUT2D eigenvalue weighted by molar-refractivity contribution is 5.92. The van der Waals surface area contributed by atoms with Crippen LogP contribution >= 0.6 is 0 Å². The molecule has 188 valence electrons. The van der Waals surface area contributed by atoms with Gasteiger partial charge in [-0.05, 0) is 41.0 Å². The van der Waals surface area contributed by atoms with Crippen molar-refractivity contribution in [3.8, 4) is 0 Å². The number of carbonyl (C=O) groups is 3. The Bertz CT molecular complexity index is 946. The van der Waals surface area contributed by atoms with Crippen LogP contribution < -0.4 is 0 Å². The van der Waals surface area contributed by atoms with E-state index in [1.54, 1.807) is 46.8 Å². The van der Waals surface area contributed by atoms with E-state index in [0.29, 0.717) is 12.0 Å². The highest BCUT2D eigenvalue weighted by Gasteiger charge is 2.65. The molecule has 0 saturated carbocycles. The van der Waals surface area contributed by atoms with Crippen molar-refractivity contribution in [2.45, 2.75) is 90.2 Å². The lowest BCUT2D eigenvalue weighted by molar-refractivity contribution is -0.277. The zero-order chi connectivity index (χ0) is 25.6. The predicted molar refractivity (Wildman–Crippen MR) is 120 cm³/mol. The van der Waals surface area contributed by atoms with Crippen LogP contribution in [-0.4, -0.2) is 63.9 Å². The molecule has 0 aromatic heterocycles. The molecule has 2 N–H and O–H groups in total. The number of aliphatic hydroxyl groups is 2. The van der Waals surface area contributed by atoms with Crippen LogP contribution in [0.15, 0.2) is 35.5 Å². The average Bonchev–Trinajstić information content (AvgIpc) is 3.22. The highest BCUT2D eigenvalue weighted by atomic mass is 16.7. The zero-order valence-corrected chi connectivity index (χ0v) is 20.5. The molecular weight excluding hydrogens is 444 g/mol. The second-order valence-electron chi connectivity index (χ2n) is 9.71. The van der Waals surface area contributed by atoms with Crippen LogP contribution in [0.5, 0.6) is 0 Å². The zero-order valence-electron chi connectivity index (χ0n) is 20.5. The van der Waals surface area contributed by atoms with E-state index in [1.165, 1.54) is 6.92 Å². The van der Waals surface area contributed by atoms with E-state index in [1.807, 2.05) is 0 Å². The number of carbonyl (C=O) groups excluding carboxylic acids is 3. The molecule has 0 amide bonds. The first kappa shape index (κ1) is 26.1. The van der Waals surface area contributed by atoms with Gasteiger partial charge < -0.3 is 29.2 Å². The van der Waals surface area contributed by atoms with Gasteiger partial charge >= 0.3 is 17.9 Å². The molecule has 3 rings (SSSR count). The van der Waals surface area contributed by atoms with Crippen LogP contribution in [0.3, 0.4) is 0 Å². The Hall–Kier alpha value is -2.49. The quantitative estimate of drug-likeness (QED) is 0.355. The van der Waals surface area contributed by atoms with Crippen LogP contribution in [0.1, 0.15) is 54.4 Å². The monoisotopic (exact) mass is 478 g/mol. The summed E-state index contributed by atoms with van der Waals surface area (Å²) in [6.07, 6.45) is -1.21. The Morgan fingerprint density at radius 3 is 2.15 bits per heavy atom. The molecule has 2 bridgehead atoms. The van der Waals surface area contributed by atoms with Crippen molar-refractivity contribution in [2.75, 3.05) is 0 Å². The lowest BCUT2D eigenvalue weighted by Crippen LogP contribution is -2.58. The first-order valence-electron chi connectivity index (χ1n) is 11.5. The molecule has 0 unspecified atom stereocenters. The number of fused-ring (bicyclic) bond motifs is 3. The smallest absolute Gasteiger partial charge is 0.334 e. The SMILES string of the molecule is C=C1C(=O)O[C@@H]2[C@@H]1[C@H](OC(=O)/C(C)=C/C)[C@@]1(O)O[C@H](C[C@@H]1C)C[C@@](C)(O)[C@H]2OC(=O)/C(C)=C/C. The van der Waals surface area contributed by atoms with Crippen molar-refractivity contribution >= 4 is 17.9 Å². The van der Waals surface area contributed by atoms with Crippen LogP contribution in [0.2, 0.25) is 0 Å². The van der Waals surface area contributed by atoms with E-state index in [4.69, 9.17) is 18.9 Å². The van der Waals surface area contributed by atoms with E-state index in [9.17, 15) is 24.6 Å². The molecule has 8 atom stereocenters. The van der Waals surface area contributed by atoms with Gasteiger partial charge in [-0.25, -0.2) is 14.4 Å². The summed E-state index contributed by atoms with van der Waals surface area (Å²) in [5, 5.41) is 23.1. The minimum Gasteiger partial charge on any atom is -0.454 e. The summed E-state index contributed by atoms with van der Waals surface area (Å²) in [5.41, 5.74) is -1.19. The van der Waals surface area contributed by atoms with E-state index in [2.05, 4.69) is 6.58 Å². The molecule has 0 aliphatic carbocycles. The molecule has 3 aliphatic rings. The van der Waals surface area contributed by atoms with Crippen molar-refractivity contribution in [2.24, 2.45) is 11.8 Å². The molecule has 3 heterocycles. The summed E-state index contributed by atoms with van der Waals surface area (Å²) in [4.78, 5) is 38.1. The van der Waals surface area contributed by atoms with Crippen molar-refractivity contribution in [3.63, 3.8) is 0 Å². The van der Waals surface area contributed by atoms with E-state index < -0.39 is 65.5 Å². The van der Waals surface area contributed by atoms with Crippen molar-refractivity contribution < 1.29 is 43.5 Å². The van der Waals surface area contributed by atoms with Crippen molar-refractivity contribution in [3.05, 3.63) is 35.5 Å². The van der Waals surface area contributed by atoms with Gasteiger partial charge in [0.2, 0.25) is 5.79 Å². The molecule has 0 radical (unpaired) electrons. The van der Waals surface area contributed by atoms with Crippen LogP contribution in [-0.2, 0) is 33.3 Å². The topological polar surface area (TPSA) is 129 Å². The molecule has 3 saturated heterocycles. The number of ether oxygens (including phenoxy) is 4. The van der Waals surface area contributed by atoms with Gasteiger partial charge in [0.1, 0.15) is 5.60 Å². The van der Waals surface area contributed by atoms with Crippen molar-refractivity contribution in [1.82, 2.24) is 0 Å². The van der Waals surface area contributed by atoms with Crippen molar-refractivity contribution in [1.29, 1.82) is 0 Å². The number of hydrogen-bond donors (Lipinski definition) is 2. The van der Waals surface area contributed by atoms with Gasteiger partial charge in [-0.3, -0.25) is 0 Å². The maximum absolute atomic E-state index is 12.8. The van der Waals surface area contributed by atoms with E-state index in [0.717, 1.165) is 0 Å². The molecule has 3 aliphatic heterocycles. The van der Waals surface area contributed by atoms with Crippen LogP contribution in [0.25, 0.3) is 0 Å². The molecule has 9 nitrogen and oxygen atoms in total. The highest BCUT2D eigenvalue weighted by Crippen LogP contribution is 2.50. The lowest BCUT2D eigenvalue weighted by Gasteiger charge is -2.41. The number of esters is 3. The number of rotatable bonds is 4. The normalized spacial score (nSPS) is 40.6. The largest absolute Gasteiger partial charge is 0.454 e. The second kappa shape index (κ2) is 9.28.